The van der Waals surface area contributed by atoms with Crippen LogP contribution in [0.1, 0.15) is 43.6 Å². The molecule has 2 heterocycles. The largest absolute Gasteiger partial charge is 0.341 e. The molecule has 2 aliphatic heterocycles. The van der Waals surface area contributed by atoms with Crippen molar-refractivity contribution in [3.63, 3.8) is 0 Å². The number of carbonyl (C=O) groups excluding carboxylic acids is 2. The van der Waals surface area contributed by atoms with Gasteiger partial charge in [0, 0.05) is 37.0 Å². The molecule has 1 aromatic rings. The van der Waals surface area contributed by atoms with E-state index in [1.165, 1.54) is 5.56 Å². The number of rotatable bonds is 3. The zero-order chi connectivity index (χ0) is 16.2. The Labute approximate surface area is 142 Å². The summed E-state index contributed by atoms with van der Waals surface area (Å²) in [6, 6.07) is 7.88. The van der Waals surface area contributed by atoms with Crippen molar-refractivity contribution >= 4 is 23.4 Å². The number of nitrogens with zero attached hydrogens (tertiary/aromatic N) is 2. The van der Waals surface area contributed by atoms with Crippen molar-refractivity contribution < 1.29 is 9.59 Å². The molecule has 1 atom stereocenters. The average molecular weight is 335 g/mol. The number of benzene rings is 1. The zero-order valence-corrected chi connectivity index (χ0v) is 14.1. The van der Waals surface area contributed by atoms with Gasteiger partial charge in [-0.2, -0.15) is 0 Å². The highest BCUT2D eigenvalue weighted by molar-refractivity contribution is 6.30. The summed E-state index contributed by atoms with van der Waals surface area (Å²) in [7, 11) is 0. The summed E-state index contributed by atoms with van der Waals surface area (Å²) < 4.78 is 0. The van der Waals surface area contributed by atoms with E-state index < -0.39 is 0 Å². The molecule has 124 valence electrons. The van der Waals surface area contributed by atoms with Crippen LogP contribution in [-0.2, 0) is 9.59 Å². The molecular weight excluding hydrogens is 312 g/mol. The first-order valence-electron chi connectivity index (χ1n) is 8.44. The quantitative estimate of drug-likeness (QED) is 0.852. The van der Waals surface area contributed by atoms with Crippen LogP contribution in [0.15, 0.2) is 24.3 Å². The van der Waals surface area contributed by atoms with E-state index in [0.717, 1.165) is 50.3 Å². The van der Waals surface area contributed by atoms with Crippen molar-refractivity contribution in [2.24, 2.45) is 0 Å². The van der Waals surface area contributed by atoms with Gasteiger partial charge in [-0.1, -0.05) is 30.2 Å². The van der Waals surface area contributed by atoms with Crippen LogP contribution < -0.4 is 0 Å². The lowest BCUT2D eigenvalue weighted by Crippen LogP contribution is -2.41. The lowest BCUT2D eigenvalue weighted by atomic mass is 9.99. The molecule has 1 aromatic carbocycles. The summed E-state index contributed by atoms with van der Waals surface area (Å²) in [5.74, 6) is 0.545. The third-order valence-electron chi connectivity index (χ3n) is 4.86. The number of hydrogen-bond acceptors (Lipinski definition) is 2. The average Bonchev–Trinajstić information content (AvgIpc) is 2.95. The summed E-state index contributed by atoms with van der Waals surface area (Å²) in [5.41, 5.74) is 1.19. The molecule has 4 nitrogen and oxygen atoms in total. The van der Waals surface area contributed by atoms with Crippen molar-refractivity contribution in [3.05, 3.63) is 34.9 Å². The maximum Gasteiger partial charge on any atom is 0.242 e. The summed E-state index contributed by atoms with van der Waals surface area (Å²) >= 11 is 6.06. The van der Waals surface area contributed by atoms with Gasteiger partial charge in [-0.3, -0.25) is 9.59 Å². The molecule has 0 spiro atoms. The zero-order valence-electron chi connectivity index (χ0n) is 13.3. The van der Waals surface area contributed by atoms with E-state index >= 15 is 0 Å². The minimum Gasteiger partial charge on any atom is -0.341 e. The van der Waals surface area contributed by atoms with Gasteiger partial charge in [0.05, 0.1) is 6.54 Å². The Hall–Kier alpha value is -1.55. The highest BCUT2D eigenvalue weighted by atomic mass is 35.5. The maximum absolute atomic E-state index is 12.5. The van der Waals surface area contributed by atoms with Gasteiger partial charge < -0.3 is 9.80 Å². The van der Waals surface area contributed by atoms with Crippen molar-refractivity contribution in [3.8, 4) is 0 Å². The number of carbonyl (C=O) groups is 2. The van der Waals surface area contributed by atoms with E-state index in [4.69, 9.17) is 11.6 Å². The fourth-order valence-electron chi connectivity index (χ4n) is 3.49. The second-order valence-corrected chi connectivity index (χ2v) is 6.94. The minimum absolute atomic E-state index is 0.0739. The maximum atomic E-state index is 12.5. The standard InChI is InChI=1S/C18H23ClN2O2/c19-16-6-4-5-14(11-16)15-8-10-21(12-15)18(23)13-20-9-3-1-2-7-17(20)22/h4-6,11,15H,1-3,7-10,12-13H2/t15-/m1/s1. The molecule has 0 N–H and O–H groups in total. The molecule has 0 unspecified atom stereocenters. The molecule has 5 heteroatoms. The van der Waals surface area contributed by atoms with E-state index in [2.05, 4.69) is 6.07 Å². The fourth-order valence-corrected chi connectivity index (χ4v) is 3.69. The van der Waals surface area contributed by atoms with Crippen LogP contribution in [0.25, 0.3) is 0 Å². The smallest absolute Gasteiger partial charge is 0.242 e. The third kappa shape index (κ3) is 4.05. The van der Waals surface area contributed by atoms with Crippen LogP contribution in [0.4, 0.5) is 0 Å². The molecule has 23 heavy (non-hydrogen) atoms. The monoisotopic (exact) mass is 334 g/mol. The number of hydrogen-bond donors (Lipinski definition) is 0. The SMILES string of the molecule is O=C1CCCCCN1CC(=O)N1CC[C@@H](c2cccc(Cl)c2)C1. The second kappa shape index (κ2) is 7.35. The fraction of sp³-hybridized carbons (Fsp3) is 0.556. The molecule has 2 amide bonds. The first kappa shape index (κ1) is 16.3. The van der Waals surface area contributed by atoms with Crippen molar-refractivity contribution in [1.29, 1.82) is 0 Å². The van der Waals surface area contributed by atoms with Gasteiger partial charge in [-0.05, 0) is 37.0 Å². The molecule has 2 saturated heterocycles. The Balaban J connectivity index is 1.58. The van der Waals surface area contributed by atoms with E-state index in [1.54, 1.807) is 4.90 Å². The first-order chi connectivity index (χ1) is 11.1. The lowest BCUT2D eigenvalue weighted by Gasteiger charge is -2.24. The van der Waals surface area contributed by atoms with Gasteiger partial charge in [0.2, 0.25) is 11.8 Å². The summed E-state index contributed by atoms with van der Waals surface area (Å²) in [5, 5.41) is 0.738. The topological polar surface area (TPSA) is 40.6 Å². The minimum atomic E-state index is 0.0739. The van der Waals surface area contributed by atoms with E-state index in [1.807, 2.05) is 23.1 Å². The number of likely N-dealkylation sites (tertiary alicyclic amines) is 2. The van der Waals surface area contributed by atoms with Gasteiger partial charge in [0.15, 0.2) is 0 Å². The Morgan fingerprint density at radius 1 is 1.22 bits per heavy atom. The van der Waals surface area contributed by atoms with Crippen LogP contribution in [0.3, 0.4) is 0 Å². The van der Waals surface area contributed by atoms with E-state index in [9.17, 15) is 9.59 Å². The van der Waals surface area contributed by atoms with Gasteiger partial charge in [0.1, 0.15) is 0 Å². The van der Waals surface area contributed by atoms with Crippen LogP contribution in [-0.4, -0.2) is 47.8 Å². The molecule has 3 rings (SSSR count). The van der Waals surface area contributed by atoms with Crippen molar-refractivity contribution in [2.75, 3.05) is 26.2 Å². The predicted octanol–water partition coefficient (Wildman–Crippen LogP) is 3.06. The highest BCUT2D eigenvalue weighted by Gasteiger charge is 2.29. The summed E-state index contributed by atoms with van der Waals surface area (Å²) in [6.07, 6.45) is 4.57. The Bertz CT molecular complexity index is 590. The molecule has 0 radical (unpaired) electrons. The third-order valence-corrected chi connectivity index (χ3v) is 5.09. The van der Waals surface area contributed by atoms with E-state index in [0.29, 0.717) is 12.3 Å². The number of halogens is 1. The summed E-state index contributed by atoms with van der Waals surface area (Å²) in [6.45, 7) is 2.44. The van der Waals surface area contributed by atoms with Gasteiger partial charge >= 0.3 is 0 Å². The Kier molecular flexibility index (Phi) is 5.21. The predicted molar refractivity (Wildman–Crippen MR) is 90.4 cm³/mol. The molecule has 0 bridgehead atoms. The normalized spacial score (nSPS) is 22.3. The van der Waals surface area contributed by atoms with Crippen LogP contribution in [0.2, 0.25) is 5.02 Å². The van der Waals surface area contributed by atoms with Crippen molar-refractivity contribution in [1.82, 2.24) is 9.80 Å². The highest BCUT2D eigenvalue weighted by Crippen LogP contribution is 2.28. The van der Waals surface area contributed by atoms with Crippen LogP contribution in [0, 0.1) is 0 Å². The van der Waals surface area contributed by atoms with Crippen molar-refractivity contribution in [2.45, 2.75) is 38.0 Å². The van der Waals surface area contributed by atoms with E-state index in [-0.39, 0.29) is 18.4 Å². The molecule has 2 aliphatic rings. The molecular formula is C18H23ClN2O2. The van der Waals surface area contributed by atoms with Gasteiger partial charge in [-0.15, -0.1) is 0 Å². The van der Waals surface area contributed by atoms with Crippen LogP contribution in [0.5, 0.6) is 0 Å². The first-order valence-corrected chi connectivity index (χ1v) is 8.82. The molecule has 0 aliphatic carbocycles. The second-order valence-electron chi connectivity index (χ2n) is 6.51. The molecule has 0 saturated carbocycles. The Morgan fingerprint density at radius 3 is 2.91 bits per heavy atom. The Morgan fingerprint density at radius 2 is 2.09 bits per heavy atom. The van der Waals surface area contributed by atoms with Gasteiger partial charge in [0.25, 0.3) is 0 Å². The number of amides is 2. The van der Waals surface area contributed by atoms with Gasteiger partial charge in [-0.25, -0.2) is 0 Å². The van der Waals surface area contributed by atoms with Crippen LogP contribution >= 0.6 is 11.6 Å². The molecule has 0 aromatic heterocycles. The lowest BCUT2D eigenvalue weighted by molar-refractivity contribution is -0.139. The molecule has 2 fully saturated rings. The summed E-state index contributed by atoms with van der Waals surface area (Å²) in [4.78, 5) is 28.2.